The van der Waals surface area contributed by atoms with Gasteiger partial charge in [-0.3, -0.25) is 0 Å². The monoisotopic (exact) mass is 186 g/mol. The van der Waals surface area contributed by atoms with E-state index in [1.54, 1.807) is 30.6 Å². The van der Waals surface area contributed by atoms with E-state index in [2.05, 4.69) is 9.97 Å². The summed E-state index contributed by atoms with van der Waals surface area (Å²) in [6.07, 6.45) is 3.38. The minimum Gasteiger partial charge on any atom is -0.397 e. The lowest BCUT2D eigenvalue weighted by Gasteiger charge is -2.02. The first-order valence-corrected chi connectivity index (χ1v) is 4.20. The molecule has 2 aromatic rings. The van der Waals surface area contributed by atoms with Crippen molar-refractivity contribution in [2.45, 2.75) is 0 Å². The quantitative estimate of drug-likeness (QED) is 0.658. The summed E-state index contributed by atoms with van der Waals surface area (Å²) in [7, 11) is 0. The van der Waals surface area contributed by atoms with Gasteiger partial charge in [-0.25, -0.2) is 9.97 Å². The van der Waals surface area contributed by atoms with Crippen LogP contribution in [0.4, 0.5) is 11.4 Å². The van der Waals surface area contributed by atoms with Crippen molar-refractivity contribution >= 4 is 11.4 Å². The van der Waals surface area contributed by atoms with Crippen molar-refractivity contribution in [1.29, 1.82) is 0 Å². The van der Waals surface area contributed by atoms with Gasteiger partial charge < -0.3 is 11.5 Å². The third kappa shape index (κ3) is 1.50. The predicted molar refractivity (Wildman–Crippen MR) is 56.3 cm³/mol. The van der Waals surface area contributed by atoms with E-state index in [0.29, 0.717) is 17.2 Å². The highest BCUT2D eigenvalue weighted by Gasteiger charge is 2.01. The zero-order valence-corrected chi connectivity index (χ0v) is 7.51. The maximum absolute atomic E-state index is 5.68. The molecule has 14 heavy (non-hydrogen) atoms. The van der Waals surface area contributed by atoms with E-state index in [9.17, 15) is 0 Å². The summed E-state index contributed by atoms with van der Waals surface area (Å²) in [6, 6.07) is 7.14. The van der Waals surface area contributed by atoms with E-state index >= 15 is 0 Å². The van der Waals surface area contributed by atoms with Gasteiger partial charge in [0.25, 0.3) is 0 Å². The summed E-state index contributed by atoms with van der Waals surface area (Å²) in [4.78, 5) is 8.22. The number of rotatable bonds is 1. The van der Waals surface area contributed by atoms with Crippen LogP contribution in [-0.4, -0.2) is 9.97 Å². The van der Waals surface area contributed by atoms with E-state index in [-0.39, 0.29) is 0 Å². The number of anilines is 2. The van der Waals surface area contributed by atoms with Gasteiger partial charge in [0.1, 0.15) is 0 Å². The Bertz CT molecular complexity index is 439. The Morgan fingerprint density at radius 1 is 0.929 bits per heavy atom. The SMILES string of the molecule is Nc1ccc(-c2ncccn2)cc1N. The number of hydrogen-bond acceptors (Lipinski definition) is 4. The molecule has 1 aromatic heterocycles. The summed E-state index contributed by atoms with van der Waals surface area (Å²) >= 11 is 0. The minimum atomic E-state index is 0.551. The van der Waals surface area contributed by atoms with Crippen molar-refractivity contribution in [3.63, 3.8) is 0 Å². The molecule has 0 fully saturated rings. The number of aromatic nitrogens is 2. The molecule has 0 aliphatic rings. The normalized spacial score (nSPS) is 10.0. The molecule has 1 heterocycles. The van der Waals surface area contributed by atoms with E-state index in [0.717, 1.165) is 5.56 Å². The van der Waals surface area contributed by atoms with Gasteiger partial charge in [-0.2, -0.15) is 0 Å². The maximum atomic E-state index is 5.68. The summed E-state index contributed by atoms with van der Waals surface area (Å²) < 4.78 is 0. The standard InChI is InChI=1S/C10H10N4/c11-8-3-2-7(6-9(8)12)10-13-4-1-5-14-10/h1-6H,11-12H2. The lowest BCUT2D eigenvalue weighted by Crippen LogP contribution is -1.95. The van der Waals surface area contributed by atoms with Crippen LogP contribution in [0.5, 0.6) is 0 Å². The Kier molecular flexibility index (Phi) is 2.02. The molecule has 0 saturated heterocycles. The molecule has 4 N–H and O–H groups in total. The van der Waals surface area contributed by atoms with Gasteiger partial charge in [-0.1, -0.05) is 0 Å². The molecule has 0 aliphatic heterocycles. The zero-order valence-electron chi connectivity index (χ0n) is 7.51. The van der Waals surface area contributed by atoms with E-state index in [4.69, 9.17) is 11.5 Å². The third-order valence-corrected chi connectivity index (χ3v) is 1.91. The molecule has 0 atom stereocenters. The third-order valence-electron chi connectivity index (χ3n) is 1.91. The predicted octanol–water partition coefficient (Wildman–Crippen LogP) is 1.31. The summed E-state index contributed by atoms with van der Waals surface area (Å²) in [5, 5.41) is 0. The molecule has 4 heteroatoms. The van der Waals surface area contributed by atoms with E-state index < -0.39 is 0 Å². The fourth-order valence-electron chi connectivity index (χ4n) is 1.16. The molecule has 2 rings (SSSR count). The molecular weight excluding hydrogens is 176 g/mol. The molecule has 4 nitrogen and oxygen atoms in total. The van der Waals surface area contributed by atoms with Crippen molar-refractivity contribution in [2.24, 2.45) is 0 Å². The minimum absolute atomic E-state index is 0.551. The van der Waals surface area contributed by atoms with Crippen LogP contribution < -0.4 is 11.5 Å². The highest BCUT2D eigenvalue weighted by molar-refractivity contribution is 5.71. The van der Waals surface area contributed by atoms with E-state index in [1.807, 2.05) is 6.07 Å². The maximum Gasteiger partial charge on any atom is 0.159 e. The Morgan fingerprint density at radius 3 is 2.29 bits per heavy atom. The second kappa shape index (κ2) is 3.33. The molecular formula is C10H10N4. The lowest BCUT2D eigenvalue weighted by molar-refractivity contribution is 1.18. The molecule has 0 saturated carbocycles. The van der Waals surface area contributed by atoms with Gasteiger partial charge in [-0.05, 0) is 24.3 Å². The summed E-state index contributed by atoms with van der Waals surface area (Å²) in [5.41, 5.74) is 13.3. The number of hydrogen-bond donors (Lipinski definition) is 2. The Morgan fingerprint density at radius 2 is 1.64 bits per heavy atom. The van der Waals surface area contributed by atoms with E-state index in [1.165, 1.54) is 0 Å². The summed E-state index contributed by atoms with van der Waals surface area (Å²) in [6.45, 7) is 0. The van der Waals surface area contributed by atoms with Crippen LogP contribution in [0.25, 0.3) is 11.4 Å². The van der Waals surface area contributed by atoms with Crippen LogP contribution >= 0.6 is 0 Å². The van der Waals surface area contributed by atoms with Crippen molar-refractivity contribution in [2.75, 3.05) is 11.5 Å². The molecule has 0 amide bonds. The molecule has 1 aromatic carbocycles. The molecule has 70 valence electrons. The molecule has 0 radical (unpaired) electrons. The first kappa shape index (κ1) is 8.50. The summed E-state index contributed by atoms with van der Waals surface area (Å²) in [5.74, 6) is 0.652. The fraction of sp³-hybridized carbons (Fsp3) is 0. The Labute approximate surface area is 81.6 Å². The first-order valence-electron chi connectivity index (χ1n) is 4.20. The van der Waals surface area contributed by atoms with Crippen molar-refractivity contribution in [3.05, 3.63) is 36.7 Å². The first-order chi connectivity index (χ1) is 6.77. The average molecular weight is 186 g/mol. The van der Waals surface area contributed by atoms with Gasteiger partial charge in [0.2, 0.25) is 0 Å². The van der Waals surface area contributed by atoms with Crippen molar-refractivity contribution in [3.8, 4) is 11.4 Å². The van der Waals surface area contributed by atoms with Gasteiger partial charge in [0.15, 0.2) is 5.82 Å². The van der Waals surface area contributed by atoms with Gasteiger partial charge in [-0.15, -0.1) is 0 Å². The van der Waals surface area contributed by atoms with Crippen LogP contribution in [0.15, 0.2) is 36.7 Å². The van der Waals surface area contributed by atoms with Crippen molar-refractivity contribution in [1.82, 2.24) is 9.97 Å². The highest BCUT2D eigenvalue weighted by Crippen LogP contribution is 2.21. The second-order valence-corrected chi connectivity index (χ2v) is 2.92. The van der Waals surface area contributed by atoms with Gasteiger partial charge in [0.05, 0.1) is 11.4 Å². The van der Waals surface area contributed by atoms with Gasteiger partial charge >= 0.3 is 0 Å². The molecule has 0 unspecified atom stereocenters. The highest BCUT2D eigenvalue weighted by atomic mass is 14.9. The van der Waals surface area contributed by atoms with Crippen molar-refractivity contribution < 1.29 is 0 Å². The van der Waals surface area contributed by atoms with Crippen LogP contribution in [-0.2, 0) is 0 Å². The van der Waals surface area contributed by atoms with Gasteiger partial charge in [0, 0.05) is 18.0 Å². The second-order valence-electron chi connectivity index (χ2n) is 2.92. The molecule has 0 spiro atoms. The topological polar surface area (TPSA) is 77.8 Å². The lowest BCUT2D eigenvalue weighted by atomic mass is 10.1. The number of nitrogens with two attached hydrogens (primary N) is 2. The molecule has 0 aliphatic carbocycles. The Balaban J connectivity index is 2.48. The smallest absolute Gasteiger partial charge is 0.159 e. The number of nitrogen functional groups attached to an aromatic ring is 2. The van der Waals surface area contributed by atoms with Crippen LogP contribution in [0, 0.1) is 0 Å². The average Bonchev–Trinajstić information content (AvgIpc) is 2.23. The number of nitrogens with zero attached hydrogens (tertiary/aromatic N) is 2. The largest absolute Gasteiger partial charge is 0.397 e. The number of benzene rings is 1. The van der Waals surface area contributed by atoms with Crippen LogP contribution in [0.2, 0.25) is 0 Å². The molecule has 0 bridgehead atoms. The Hall–Kier alpha value is -2.10. The fourth-order valence-corrected chi connectivity index (χ4v) is 1.16. The van der Waals surface area contributed by atoms with Crippen LogP contribution in [0.1, 0.15) is 0 Å². The zero-order chi connectivity index (χ0) is 9.97. The van der Waals surface area contributed by atoms with Crippen LogP contribution in [0.3, 0.4) is 0 Å².